The van der Waals surface area contributed by atoms with E-state index in [2.05, 4.69) is 5.32 Å². The van der Waals surface area contributed by atoms with E-state index in [1.165, 1.54) is 0 Å². The molecule has 0 spiro atoms. The van der Waals surface area contributed by atoms with Gasteiger partial charge in [-0.25, -0.2) is 0 Å². The van der Waals surface area contributed by atoms with Crippen molar-refractivity contribution in [2.45, 2.75) is 6.92 Å². The standard InChI is InChI=1S/C9H11N3/c1-2-12-9-4-3-7(6-10)5-8(9)11/h3-5,12H,2,11H2,1H3. The first-order valence-electron chi connectivity index (χ1n) is 3.81. The van der Waals surface area contributed by atoms with Gasteiger partial charge >= 0.3 is 0 Å². The molecule has 0 saturated heterocycles. The van der Waals surface area contributed by atoms with E-state index in [4.69, 9.17) is 11.0 Å². The van der Waals surface area contributed by atoms with E-state index in [9.17, 15) is 0 Å². The van der Waals surface area contributed by atoms with E-state index in [0.717, 1.165) is 12.2 Å². The second-order valence-corrected chi connectivity index (χ2v) is 2.44. The van der Waals surface area contributed by atoms with Crippen molar-refractivity contribution in [2.75, 3.05) is 17.6 Å². The molecular formula is C9H11N3. The molecule has 1 aromatic carbocycles. The maximum absolute atomic E-state index is 8.56. The number of hydrogen-bond donors (Lipinski definition) is 2. The third-order valence-corrected chi connectivity index (χ3v) is 1.55. The fourth-order valence-electron chi connectivity index (χ4n) is 0.984. The SMILES string of the molecule is CCNc1ccc(C#N)cc1N. The highest BCUT2D eigenvalue weighted by Gasteiger charge is 1.97. The molecule has 62 valence electrons. The summed E-state index contributed by atoms with van der Waals surface area (Å²) in [6.45, 7) is 2.83. The van der Waals surface area contributed by atoms with Gasteiger partial charge in [-0.15, -0.1) is 0 Å². The van der Waals surface area contributed by atoms with Crippen LogP contribution in [-0.4, -0.2) is 6.54 Å². The highest BCUT2D eigenvalue weighted by Crippen LogP contribution is 2.18. The van der Waals surface area contributed by atoms with Crippen LogP contribution in [0.5, 0.6) is 0 Å². The molecule has 0 unspecified atom stereocenters. The molecule has 3 nitrogen and oxygen atoms in total. The molecule has 0 aliphatic rings. The van der Waals surface area contributed by atoms with Gasteiger partial charge in [-0.3, -0.25) is 0 Å². The number of nitriles is 1. The minimum absolute atomic E-state index is 0.592. The molecule has 1 aromatic rings. The molecule has 0 aromatic heterocycles. The Balaban J connectivity index is 2.97. The van der Waals surface area contributed by atoms with Gasteiger partial charge in [-0.2, -0.15) is 5.26 Å². The maximum Gasteiger partial charge on any atom is 0.0992 e. The Morgan fingerprint density at radius 3 is 2.83 bits per heavy atom. The second kappa shape index (κ2) is 3.63. The van der Waals surface area contributed by atoms with Crippen molar-refractivity contribution in [3.8, 4) is 6.07 Å². The van der Waals surface area contributed by atoms with E-state index in [-0.39, 0.29) is 0 Å². The average Bonchev–Trinajstić information content (AvgIpc) is 2.09. The predicted octanol–water partition coefficient (Wildman–Crippen LogP) is 1.57. The quantitative estimate of drug-likeness (QED) is 0.647. The van der Waals surface area contributed by atoms with Crippen molar-refractivity contribution in [3.63, 3.8) is 0 Å². The van der Waals surface area contributed by atoms with Crippen LogP contribution in [0.1, 0.15) is 12.5 Å². The minimum Gasteiger partial charge on any atom is -0.397 e. The molecule has 3 N–H and O–H groups in total. The second-order valence-electron chi connectivity index (χ2n) is 2.44. The summed E-state index contributed by atoms with van der Waals surface area (Å²) >= 11 is 0. The fourth-order valence-corrected chi connectivity index (χ4v) is 0.984. The Labute approximate surface area is 71.8 Å². The van der Waals surface area contributed by atoms with Gasteiger partial charge in [-0.05, 0) is 25.1 Å². The zero-order valence-electron chi connectivity index (χ0n) is 6.96. The lowest BCUT2D eigenvalue weighted by atomic mass is 10.2. The summed E-state index contributed by atoms with van der Waals surface area (Å²) in [7, 11) is 0. The zero-order chi connectivity index (χ0) is 8.97. The molecule has 1 rings (SSSR count). The molecule has 0 aliphatic carbocycles. The van der Waals surface area contributed by atoms with E-state index in [0.29, 0.717) is 11.3 Å². The lowest BCUT2D eigenvalue weighted by Gasteiger charge is -2.05. The van der Waals surface area contributed by atoms with Gasteiger partial charge in [0.05, 0.1) is 23.0 Å². The van der Waals surface area contributed by atoms with Crippen LogP contribution in [0.15, 0.2) is 18.2 Å². The average molecular weight is 161 g/mol. The van der Waals surface area contributed by atoms with Crippen molar-refractivity contribution < 1.29 is 0 Å². The van der Waals surface area contributed by atoms with Crippen LogP contribution in [0, 0.1) is 11.3 Å². The Kier molecular flexibility index (Phi) is 2.54. The molecule has 0 aliphatic heterocycles. The summed E-state index contributed by atoms with van der Waals surface area (Å²) in [5.74, 6) is 0. The van der Waals surface area contributed by atoms with Crippen LogP contribution in [-0.2, 0) is 0 Å². The highest BCUT2D eigenvalue weighted by molar-refractivity contribution is 5.68. The van der Waals surface area contributed by atoms with Gasteiger partial charge in [0.15, 0.2) is 0 Å². The number of nitrogens with two attached hydrogens (primary N) is 1. The first-order chi connectivity index (χ1) is 5.77. The van der Waals surface area contributed by atoms with Crippen LogP contribution in [0.25, 0.3) is 0 Å². The normalized spacial score (nSPS) is 9.00. The number of hydrogen-bond acceptors (Lipinski definition) is 3. The number of nitrogens with zero attached hydrogens (tertiary/aromatic N) is 1. The summed E-state index contributed by atoms with van der Waals surface area (Å²) in [6.07, 6.45) is 0. The van der Waals surface area contributed by atoms with Gasteiger partial charge in [0, 0.05) is 6.54 Å². The Bertz CT molecular complexity index is 312. The van der Waals surface area contributed by atoms with Crippen molar-refractivity contribution in [2.24, 2.45) is 0 Å². The van der Waals surface area contributed by atoms with Gasteiger partial charge in [0.2, 0.25) is 0 Å². The third-order valence-electron chi connectivity index (χ3n) is 1.55. The van der Waals surface area contributed by atoms with Gasteiger partial charge < -0.3 is 11.1 Å². The zero-order valence-corrected chi connectivity index (χ0v) is 6.96. The molecule has 0 bridgehead atoms. The van der Waals surface area contributed by atoms with Crippen LogP contribution < -0.4 is 11.1 Å². The van der Waals surface area contributed by atoms with Crippen molar-refractivity contribution in [3.05, 3.63) is 23.8 Å². The van der Waals surface area contributed by atoms with Crippen molar-refractivity contribution >= 4 is 11.4 Å². The van der Waals surface area contributed by atoms with Crippen LogP contribution in [0.4, 0.5) is 11.4 Å². The van der Waals surface area contributed by atoms with E-state index < -0.39 is 0 Å². The first kappa shape index (κ1) is 8.41. The Morgan fingerprint density at radius 2 is 2.33 bits per heavy atom. The molecule has 12 heavy (non-hydrogen) atoms. The number of benzene rings is 1. The van der Waals surface area contributed by atoms with E-state index in [1.54, 1.807) is 12.1 Å². The van der Waals surface area contributed by atoms with Crippen molar-refractivity contribution in [1.82, 2.24) is 0 Å². The Hall–Kier alpha value is -1.69. The number of rotatable bonds is 2. The first-order valence-corrected chi connectivity index (χ1v) is 3.81. The molecule has 3 heteroatoms. The van der Waals surface area contributed by atoms with Gasteiger partial charge in [-0.1, -0.05) is 0 Å². The molecule has 0 radical (unpaired) electrons. The third kappa shape index (κ3) is 1.67. The van der Waals surface area contributed by atoms with Crippen LogP contribution >= 0.6 is 0 Å². The lowest BCUT2D eigenvalue weighted by molar-refractivity contribution is 1.21. The molecular weight excluding hydrogens is 150 g/mol. The highest BCUT2D eigenvalue weighted by atomic mass is 14.9. The monoisotopic (exact) mass is 161 g/mol. The van der Waals surface area contributed by atoms with Crippen LogP contribution in [0.3, 0.4) is 0 Å². The Morgan fingerprint density at radius 1 is 1.58 bits per heavy atom. The minimum atomic E-state index is 0.592. The summed E-state index contributed by atoms with van der Waals surface area (Å²) in [4.78, 5) is 0. The number of nitrogens with one attached hydrogen (secondary N) is 1. The number of anilines is 2. The predicted molar refractivity (Wildman–Crippen MR) is 49.7 cm³/mol. The topological polar surface area (TPSA) is 61.8 Å². The summed E-state index contributed by atoms with van der Waals surface area (Å²) < 4.78 is 0. The summed E-state index contributed by atoms with van der Waals surface area (Å²) in [6, 6.07) is 7.26. The molecule has 0 heterocycles. The van der Waals surface area contributed by atoms with E-state index in [1.807, 2.05) is 19.1 Å². The molecule has 0 saturated carbocycles. The van der Waals surface area contributed by atoms with Gasteiger partial charge in [0.25, 0.3) is 0 Å². The molecule has 0 atom stereocenters. The van der Waals surface area contributed by atoms with Gasteiger partial charge in [0.1, 0.15) is 0 Å². The summed E-state index contributed by atoms with van der Waals surface area (Å²) in [5.41, 5.74) is 7.77. The van der Waals surface area contributed by atoms with E-state index >= 15 is 0 Å². The maximum atomic E-state index is 8.56. The number of nitrogen functional groups attached to an aromatic ring is 1. The molecule has 0 amide bonds. The summed E-state index contributed by atoms with van der Waals surface area (Å²) in [5, 5.41) is 11.6. The van der Waals surface area contributed by atoms with Crippen molar-refractivity contribution in [1.29, 1.82) is 5.26 Å². The van der Waals surface area contributed by atoms with Crippen LogP contribution in [0.2, 0.25) is 0 Å². The largest absolute Gasteiger partial charge is 0.397 e. The molecule has 0 fully saturated rings. The fraction of sp³-hybridized carbons (Fsp3) is 0.222. The smallest absolute Gasteiger partial charge is 0.0992 e. The lowest BCUT2D eigenvalue weighted by Crippen LogP contribution is -2.00.